The van der Waals surface area contributed by atoms with Crippen molar-refractivity contribution in [3.8, 4) is 0 Å². The lowest BCUT2D eigenvalue weighted by molar-refractivity contribution is 0.205. The fraction of sp³-hybridized carbons (Fsp3) is 0.667. The first-order chi connectivity index (χ1) is 9.36. The van der Waals surface area contributed by atoms with Crippen LogP contribution in [0.1, 0.15) is 31.4 Å². The summed E-state index contributed by atoms with van der Waals surface area (Å²) in [4.78, 5) is 6.93. The molecule has 1 aromatic heterocycles. The van der Waals surface area contributed by atoms with Gasteiger partial charge in [-0.2, -0.15) is 0 Å². The zero-order valence-corrected chi connectivity index (χ0v) is 11.6. The molecule has 1 heterocycles. The van der Waals surface area contributed by atoms with E-state index in [1.807, 2.05) is 6.20 Å². The average Bonchev–Trinajstić information content (AvgIpc) is 3.30. The van der Waals surface area contributed by atoms with Crippen molar-refractivity contribution in [2.75, 3.05) is 25.2 Å². The number of ether oxygens (including phenoxy) is 1. The Bertz CT molecular complexity index is 416. The number of pyridine rings is 1. The van der Waals surface area contributed by atoms with E-state index in [1.165, 1.54) is 31.4 Å². The Labute approximate surface area is 115 Å². The van der Waals surface area contributed by atoms with Crippen molar-refractivity contribution in [3.05, 3.63) is 24.0 Å². The maximum Gasteiger partial charge on any atom is 0.0637 e. The third-order valence-electron chi connectivity index (χ3n) is 3.80. The van der Waals surface area contributed by atoms with E-state index in [1.54, 1.807) is 7.11 Å². The summed E-state index contributed by atoms with van der Waals surface area (Å²) in [5.41, 5.74) is 2.44. The summed E-state index contributed by atoms with van der Waals surface area (Å²) in [7, 11) is 1.77. The molecule has 0 spiro atoms. The fourth-order valence-electron chi connectivity index (χ4n) is 2.38. The van der Waals surface area contributed by atoms with Crippen molar-refractivity contribution in [3.63, 3.8) is 0 Å². The molecule has 1 aromatic rings. The topological polar surface area (TPSA) is 37.4 Å². The summed E-state index contributed by atoms with van der Waals surface area (Å²) in [5, 5.41) is 3.52. The number of hydrogen-bond acceptors (Lipinski definition) is 4. The minimum Gasteiger partial charge on any atom is -0.383 e. The SMILES string of the molecule is COCCN(c1ccnc(CNC2CC2)c1)C1CC1. The Morgan fingerprint density at radius 2 is 2.21 bits per heavy atom. The van der Waals surface area contributed by atoms with Crippen molar-refractivity contribution in [1.29, 1.82) is 0 Å². The van der Waals surface area contributed by atoms with E-state index in [2.05, 4.69) is 27.3 Å². The minimum atomic E-state index is 0.710. The van der Waals surface area contributed by atoms with E-state index in [0.29, 0.717) is 6.04 Å². The molecule has 0 aliphatic heterocycles. The van der Waals surface area contributed by atoms with Gasteiger partial charge in [-0.1, -0.05) is 0 Å². The number of anilines is 1. The Kier molecular flexibility index (Phi) is 3.99. The van der Waals surface area contributed by atoms with Crippen molar-refractivity contribution < 1.29 is 4.74 Å². The largest absolute Gasteiger partial charge is 0.383 e. The van der Waals surface area contributed by atoms with Gasteiger partial charge in [0.2, 0.25) is 0 Å². The highest BCUT2D eigenvalue weighted by Crippen LogP contribution is 2.31. The van der Waals surface area contributed by atoms with Crippen LogP contribution in [0.25, 0.3) is 0 Å². The van der Waals surface area contributed by atoms with Crippen LogP contribution >= 0.6 is 0 Å². The van der Waals surface area contributed by atoms with E-state index in [-0.39, 0.29) is 0 Å². The molecule has 3 rings (SSSR count). The van der Waals surface area contributed by atoms with Crippen LogP contribution in [0.4, 0.5) is 5.69 Å². The van der Waals surface area contributed by atoms with Gasteiger partial charge in [0.05, 0.1) is 12.3 Å². The van der Waals surface area contributed by atoms with Crippen molar-refractivity contribution in [1.82, 2.24) is 10.3 Å². The number of methoxy groups -OCH3 is 1. The summed E-state index contributed by atoms with van der Waals surface area (Å²) >= 11 is 0. The van der Waals surface area contributed by atoms with Crippen molar-refractivity contribution >= 4 is 5.69 Å². The minimum absolute atomic E-state index is 0.710. The van der Waals surface area contributed by atoms with E-state index in [0.717, 1.165) is 31.4 Å². The van der Waals surface area contributed by atoms with Crippen LogP contribution in [0.5, 0.6) is 0 Å². The molecule has 0 bridgehead atoms. The second kappa shape index (κ2) is 5.88. The van der Waals surface area contributed by atoms with Gasteiger partial charge in [0.15, 0.2) is 0 Å². The zero-order chi connectivity index (χ0) is 13.1. The Morgan fingerprint density at radius 3 is 2.89 bits per heavy atom. The second-order valence-corrected chi connectivity index (χ2v) is 5.58. The maximum atomic E-state index is 5.22. The van der Waals surface area contributed by atoms with Gasteiger partial charge in [0.1, 0.15) is 0 Å². The molecule has 0 amide bonds. The first kappa shape index (κ1) is 12.9. The smallest absolute Gasteiger partial charge is 0.0637 e. The van der Waals surface area contributed by atoms with Gasteiger partial charge >= 0.3 is 0 Å². The second-order valence-electron chi connectivity index (χ2n) is 5.58. The summed E-state index contributed by atoms with van der Waals surface area (Å²) in [6.07, 6.45) is 7.19. The number of nitrogens with zero attached hydrogens (tertiary/aromatic N) is 2. The first-order valence-electron chi connectivity index (χ1n) is 7.30. The van der Waals surface area contributed by atoms with Gasteiger partial charge < -0.3 is 15.0 Å². The Morgan fingerprint density at radius 1 is 1.37 bits per heavy atom. The Balaban J connectivity index is 1.64. The number of aromatic nitrogens is 1. The zero-order valence-electron chi connectivity index (χ0n) is 11.6. The standard InChI is InChI=1S/C15H23N3O/c1-19-9-8-18(14-4-5-14)15-6-7-16-13(10-15)11-17-12-2-3-12/h6-7,10,12,14,17H,2-5,8-9,11H2,1H3. The number of nitrogens with one attached hydrogen (secondary N) is 1. The van der Waals surface area contributed by atoms with Gasteiger partial charge in [-0.3, -0.25) is 4.98 Å². The first-order valence-corrected chi connectivity index (χ1v) is 7.30. The predicted molar refractivity (Wildman–Crippen MR) is 76.3 cm³/mol. The normalized spacial score (nSPS) is 18.6. The third kappa shape index (κ3) is 3.67. The third-order valence-corrected chi connectivity index (χ3v) is 3.80. The quantitative estimate of drug-likeness (QED) is 0.776. The molecule has 2 saturated carbocycles. The lowest BCUT2D eigenvalue weighted by Gasteiger charge is -2.24. The Hall–Kier alpha value is -1.13. The molecule has 2 aliphatic carbocycles. The van der Waals surface area contributed by atoms with Crippen LogP contribution in [-0.2, 0) is 11.3 Å². The fourth-order valence-corrected chi connectivity index (χ4v) is 2.38. The van der Waals surface area contributed by atoms with E-state index < -0.39 is 0 Å². The average molecular weight is 261 g/mol. The van der Waals surface area contributed by atoms with Crippen LogP contribution in [0, 0.1) is 0 Å². The van der Waals surface area contributed by atoms with Crippen LogP contribution in [0.2, 0.25) is 0 Å². The maximum absolute atomic E-state index is 5.22. The highest BCUT2D eigenvalue weighted by atomic mass is 16.5. The molecular formula is C15H23N3O. The van der Waals surface area contributed by atoms with Gasteiger partial charge in [-0.05, 0) is 37.8 Å². The lowest BCUT2D eigenvalue weighted by atomic mass is 10.2. The van der Waals surface area contributed by atoms with E-state index in [4.69, 9.17) is 4.74 Å². The lowest BCUT2D eigenvalue weighted by Crippen LogP contribution is -2.29. The summed E-state index contributed by atoms with van der Waals surface area (Å²) < 4.78 is 5.22. The van der Waals surface area contributed by atoms with Gasteiger partial charge in [-0.15, -0.1) is 0 Å². The molecule has 0 radical (unpaired) electrons. The van der Waals surface area contributed by atoms with E-state index >= 15 is 0 Å². The molecule has 4 nitrogen and oxygen atoms in total. The molecule has 2 fully saturated rings. The van der Waals surface area contributed by atoms with Crippen LogP contribution in [0.15, 0.2) is 18.3 Å². The molecule has 0 unspecified atom stereocenters. The number of hydrogen-bond donors (Lipinski definition) is 1. The van der Waals surface area contributed by atoms with Crippen molar-refractivity contribution in [2.45, 2.75) is 44.3 Å². The molecule has 1 N–H and O–H groups in total. The summed E-state index contributed by atoms with van der Waals surface area (Å²) in [5.74, 6) is 0. The van der Waals surface area contributed by atoms with Gasteiger partial charge in [-0.25, -0.2) is 0 Å². The molecule has 104 valence electrons. The molecule has 0 aromatic carbocycles. The van der Waals surface area contributed by atoms with Crippen LogP contribution in [0.3, 0.4) is 0 Å². The molecule has 4 heteroatoms. The summed E-state index contributed by atoms with van der Waals surface area (Å²) in [6, 6.07) is 5.79. The summed E-state index contributed by atoms with van der Waals surface area (Å²) in [6.45, 7) is 2.65. The number of rotatable bonds is 8. The van der Waals surface area contributed by atoms with Crippen molar-refractivity contribution in [2.24, 2.45) is 0 Å². The molecule has 19 heavy (non-hydrogen) atoms. The molecule has 2 aliphatic rings. The van der Waals surface area contributed by atoms with E-state index in [9.17, 15) is 0 Å². The highest BCUT2D eigenvalue weighted by molar-refractivity contribution is 5.48. The van der Waals surface area contributed by atoms with Crippen LogP contribution < -0.4 is 10.2 Å². The van der Waals surface area contributed by atoms with Gasteiger partial charge in [0.25, 0.3) is 0 Å². The molecular weight excluding hydrogens is 238 g/mol. The van der Waals surface area contributed by atoms with Gasteiger partial charge in [0, 0.05) is 44.2 Å². The monoisotopic (exact) mass is 261 g/mol. The highest BCUT2D eigenvalue weighted by Gasteiger charge is 2.29. The van der Waals surface area contributed by atoms with Crippen LogP contribution in [-0.4, -0.2) is 37.3 Å². The predicted octanol–water partition coefficient (Wildman–Crippen LogP) is 1.95. The molecule has 0 atom stereocenters. The molecule has 0 saturated heterocycles.